The largest absolute Gasteiger partial charge is 0.497 e. The monoisotopic (exact) mass is 847 g/mol. The molecule has 10 nitrogen and oxygen atoms in total. The lowest BCUT2D eigenvalue weighted by atomic mass is 9.99. The molecule has 61 heavy (non-hydrogen) atoms. The van der Waals surface area contributed by atoms with Crippen LogP contribution in [0.1, 0.15) is 65.8 Å². The highest BCUT2D eigenvalue weighted by Crippen LogP contribution is 2.58. The fourth-order valence-electron chi connectivity index (χ4n) is 8.36. The minimum Gasteiger partial charge on any atom is -0.497 e. The second-order valence-electron chi connectivity index (χ2n) is 15.1. The Labute approximate surface area is 360 Å². The molecule has 5 heterocycles. The molecule has 3 aromatic heterocycles. The summed E-state index contributed by atoms with van der Waals surface area (Å²) < 4.78 is 20.5. The number of hydrogen-bond donors (Lipinski definition) is 1. The molecule has 306 valence electrons. The summed E-state index contributed by atoms with van der Waals surface area (Å²) in [7, 11) is 1.66. The van der Waals surface area contributed by atoms with E-state index in [1.807, 2.05) is 24.3 Å². The molecule has 1 atom stereocenters. The average Bonchev–Trinajstić information content (AvgIpc) is 4.03. The van der Waals surface area contributed by atoms with Gasteiger partial charge in [0.1, 0.15) is 30.6 Å². The number of unbranched alkanes of at least 4 members (excludes halogenated alkanes) is 1. The Hall–Kier alpha value is -6.68. The number of fused-ring (bicyclic) bond motifs is 5. The molecule has 2 aliphatic heterocycles. The van der Waals surface area contributed by atoms with Crippen LogP contribution in [0, 0.1) is 17.2 Å². The molecule has 0 fully saturated rings. The molecule has 2 aliphatic rings. The quantitative estimate of drug-likeness (QED) is 0.0689. The van der Waals surface area contributed by atoms with Crippen molar-refractivity contribution in [2.45, 2.75) is 39.5 Å². The van der Waals surface area contributed by atoms with Crippen molar-refractivity contribution in [1.29, 1.82) is 5.26 Å². The van der Waals surface area contributed by atoms with Crippen molar-refractivity contribution in [1.82, 2.24) is 9.47 Å². The molecular formula is C49H41N3O7S2. The normalized spacial score (nSPS) is 14.1. The van der Waals surface area contributed by atoms with Gasteiger partial charge in [-0.2, -0.15) is 5.26 Å². The molecule has 0 saturated heterocycles. The number of amides is 2. The smallest absolute Gasteiger partial charge is 0.346 e. The first-order valence-electron chi connectivity index (χ1n) is 20.3. The molecule has 2 amide bonds. The van der Waals surface area contributed by atoms with Crippen LogP contribution in [0.25, 0.3) is 64.2 Å². The molecule has 0 aliphatic carbocycles. The minimum atomic E-state index is -1.31. The van der Waals surface area contributed by atoms with Gasteiger partial charge in [0, 0.05) is 27.9 Å². The maximum Gasteiger partial charge on any atom is 0.346 e. The van der Waals surface area contributed by atoms with E-state index in [4.69, 9.17) is 14.2 Å². The van der Waals surface area contributed by atoms with Crippen molar-refractivity contribution in [3.05, 3.63) is 113 Å². The number of carbonyl (C=O) groups is 3. The zero-order valence-electron chi connectivity index (χ0n) is 33.8. The number of aliphatic carboxylic acids is 1. The van der Waals surface area contributed by atoms with Crippen LogP contribution in [0.5, 0.6) is 17.2 Å². The van der Waals surface area contributed by atoms with Gasteiger partial charge in [0.15, 0.2) is 11.5 Å². The number of methoxy groups -OCH3 is 1. The van der Waals surface area contributed by atoms with Gasteiger partial charge in [-0.15, -0.1) is 22.7 Å². The van der Waals surface area contributed by atoms with Gasteiger partial charge in [0.05, 0.1) is 43.9 Å². The Morgan fingerprint density at radius 1 is 0.836 bits per heavy atom. The number of carboxylic acids is 1. The molecule has 12 heteroatoms. The highest BCUT2D eigenvalue weighted by Gasteiger charge is 2.44. The highest BCUT2D eigenvalue weighted by atomic mass is 32.1. The minimum absolute atomic E-state index is 0.172. The molecule has 9 rings (SSSR count). The fraction of sp³-hybridized carbons (Fsp3) is 0.224. The lowest BCUT2D eigenvalue weighted by molar-refractivity contribution is -0.132. The Morgan fingerprint density at radius 3 is 2.16 bits per heavy atom. The van der Waals surface area contributed by atoms with Crippen molar-refractivity contribution >= 4 is 68.3 Å². The van der Waals surface area contributed by atoms with E-state index in [0.29, 0.717) is 63.3 Å². The first kappa shape index (κ1) is 39.8. The maximum absolute atomic E-state index is 14.7. The van der Waals surface area contributed by atoms with Crippen LogP contribution in [-0.4, -0.2) is 59.2 Å². The number of carboxylic acid groups (broad SMARTS) is 1. The van der Waals surface area contributed by atoms with E-state index in [2.05, 4.69) is 60.9 Å². The van der Waals surface area contributed by atoms with Crippen molar-refractivity contribution in [3.63, 3.8) is 0 Å². The summed E-state index contributed by atoms with van der Waals surface area (Å²) in [6, 6.07) is 31.5. The molecule has 0 saturated carbocycles. The summed E-state index contributed by atoms with van der Waals surface area (Å²) in [4.78, 5) is 45.0. The average molecular weight is 848 g/mol. The van der Waals surface area contributed by atoms with Gasteiger partial charge in [-0.25, -0.2) is 4.79 Å². The van der Waals surface area contributed by atoms with Gasteiger partial charge >= 0.3 is 5.97 Å². The number of nitriles is 1. The summed E-state index contributed by atoms with van der Waals surface area (Å²) in [6.45, 7) is 5.26. The van der Waals surface area contributed by atoms with Crippen LogP contribution < -0.4 is 14.2 Å². The molecule has 0 spiro atoms. The third kappa shape index (κ3) is 6.93. The van der Waals surface area contributed by atoms with Crippen LogP contribution in [0.15, 0.2) is 96.6 Å². The number of carbonyl (C=O) groups excluding carboxylic acids is 2. The van der Waals surface area contributed by atoms with E-state index >= 15 is 0 Å². The van der Waals surface area contributed by atoms with Gasteiger partial charge in [-0.3, -0.25) is 14.5 Å². The fourth-order valence-corrected chi connectivity index (χ4v) is 11.0. The predicted octanol–water partition coefficient (Wildman–Crippen LogP) is 11.5. The molecule has 1 N–H and O–H groups in total. The zero-order chi connectivity index (χ0) is 42.4. The molecular weight excluding hydrogens is 807 g/mol. The first-order chi connectivity index (χ1) is 29.7. The van der Waals surface area contributed by atoms with Crippen LogP contribution >= 0.6 is 22.7 Å². The number of rotatable bonds is 13. The van der Waals surface area contributed by atoms with E-state index in [-0.39, 0.29) is 23.3 Å². The summed E-state index contributed by atoms with van der Waals surface area (Å²) >= 11 is 2.86. The van der Waals surface area contributed by atoms with Gasteiger partial charge in [-0.05, 0) is 77.6 Å². The third-order valence-electron chi connectivity index (χ3n) is 11.5. The van der Waals surface area contributed by atoms with Crippen molar-refractivity contribution in [3.8, 4) is 59.6 Å². The summed E-state index contributed by atoms with van der Waals surface area (Å²) in [5.41, 5.74) is 5.60. The number of aromatic nitrogens is 1. The zero-order valence-corrected chi connectivity index (χ0v) is 35.5. The van der Waals surface area contributed by atoms with Crippen LogP contribution in [0.4, 0.5) is 0 Å². The number of hydrogen-bond acceptors (Lipinski definition) is 9. The summed E-state index contributed by atoms with van der Waals surface area (Å²) in [5, 5.41) is 20.9. The topological polar surface area (TPSA) is 131 Å². The van der Waals surface area contributed by atoms with Crippen LogP contribution in [0.3, 0.4) is 0 Å². The maximum atomic E-state index is 14.7. The van der Waals surface area contributed by atoms with E-state index in [1.165, 1.54) is 33.6 Å². The third-order valence-corrected chi connectivity index (χ3v) is 14.1. The Kier molecular flexibility index (Phi) is 10.7. The lowest BCUT2D eigenvalue weighted by Crippen LogP contribution is -2.34. The Balaban J connectivity index is 1.19. The van der Waals surface area contributed by atoms with Gasteiger partial charge < -0.3 is 23.9 Å². The van der Waals surface area contributed by atoms with E-state index in [0.717, 1.165) is 74.2 Å². The second kappa shape index (κ2) is 16.4. The number of ether oxygens (including phenoxy) is 3. The van der Waals surface area contributed by atoms with E-state index in [1.54, 1.807) is 37.4 Å². The molecule has 0 bridgehead atoms. The summed E-state index contributed by atoms with van der Waals surface area (Å²) in [5.74, 6) is 0.154. The van der Waals surface area contributed by atoms with Crippen molar-refractivity contribution < 1.29 is 33.7 Å². The summed E-state index contributed by atoms with van der Waals surface area (Å²) in [6.07, 6.45) is 5.11. The molecule has 1 unspecified atom stereocenters. The van der Waals surface area contributed by atoms with Crippen LogP contribution in [-0.2, 0) is 4.79 Å². The number of para-hydroxylation sites is 1. The standard InChI is InChI=1S/C49H41N3O7S2/c1-4-6-9-28(5-2)27-51-47(53)39-40(48(51)54)45(60-43(39)30-14-12-29(13-15-30)24-32(26-50)49(55)56)46-42-41(58-22-23-59-42)44(61-46)31-16-21-38-36(25-31)35-10-7-8-11-37(35)52(38)33-17-19-34(57-3)20-18-33/h7-8,10-21,24-25,28H,4-6,9,22-23,27H2,1-3H3,(H,55,56)/b32-24+. The van der Waals surface area contributed by atoms with Crippen molar-refractivity contribution in [2.75, 3.05) is 26.9 Å². The number of benzene rings is 4. The first-order valence-corrected chi connectivity index (χ1v) is 22.0. The molecule has 0 radical (unpaired) electrons. The molecule has 4 aromatic carbocycles. The van der Waals surface area contributed by atoms with E-state index in [9.17, 15) is 24.8 Å². The van der Waals surface area contributed by atoms with Gasteiger partial charge in [0.25, 0.3) is 11.8 Å². The van der Waals surface area contributed by atoms with Crippen molar-refractivity contribution in [2.24, 2.45) is 5.92 Å². The highest BCUT2D eigenvalue weighted by molar-refractivity contribution is 7.26. The second-order valence-corrected chi connectivity index (χ2v) is 17.2. The Morgan fingerprint density at radius 2 is 1.49 bits per heavy atom. The number of imide groups is 1. The number of nitrogens with zero attached hydrogens (tertiary/aromatic N) is 3. The molecule has 7 aromatic rings. The van der Waals surface area contributed by atoms with Gasteiger partial charge in [0.2, 0.25) is 0 Å². The lowest BCUT2D eigenvalue weighted by Gasteiger charge is -2.22. The SMILES string of the molecule is CCCCC(CC)CN1C(=O)c2c(-c3ccc(/C=C(\C#N)C(=O)O)cc3)sc(-c3sc(-c4ccc5c(c4)c4ccccc4n5-c4ccc(OC)cc4)c4c3OCCO4)c2C1=O. The number of thiophene rings is 2. The van der Waals surface area contributed by atoms with E-state index < -0.39 is 5.97 Å². The van der Waals surface area contributed by atoms with Crippen LogP contribution in [0.2, 0.25) is 0 Å². The Bertz CT molecular complexity index is 2950. The van der Waals surface area contributed by atoms with Gasteiger partial charge in [-0.1, -0.05) is 81.6 Å². The predicted molar refractivity (Wildman–Crippen MR) is 240 cm³/mol.